The van der Waals surface area contributed by atoms with Gasteiger partial charge in [0, 0.05) is 39.1 Å². The zero-order valence-electron chi connectivity index (χ0n) is 17.3. The van der Waals surface area contributed by atoms with Crippen molar-refractivity contribution < 1.29 is 13.2 Å². The lowest BCUT2D eigenvalue weighted by molar-refractivity contribution is -0.144. The highest BCUT2D eigenvalue weighted by molar-refractivity contribution is 6.31. The fourth-order valence-corrected chi connectivity index (χ4v) is 3.72. The number of nitrogens with zero attached hydrogens (tertiary/aromatic N) is 6. The Labute approximate surface area is 204 Å². The van der Waals surface area contributed by atoms with Gasteiger partial charge >= 0.3 is 11.7 Å². The lowest BCUT2D eigenvalue weighted by Gasteiger charge is -2.13. The number of hydrogen-bond donors (Lipinski definition) is 0. The van der Waals surface area contributed by atoms with Crippen LogP contribution in [0.2, 0.25) is 10.0 Å². The van der Waals surface area contributed by atoms with Crippen molar-refractivity contribution in [2.75, 3.05) is 0 Å². The van der Waals surface area contributed by atoms with Crippen molar-refractivity contribution in [2.45, 2.75) is 6.18 Å². The molecule has 5 rings (SSSR count). The molecular formula is C23H11Cl2F3N6O. The first-order chi connectivity index (χ1) is 16.7. The Kier molecular flexibility index (Phi) is 5.70. The Balaban J connectivity index is 1.73. The fourth-order valence-electron chi connectivity index (χ4n) is 3.47. The summed E-state index contributed by atoms with van der Waals surface area (Å²) >= 11 is 12.1. The first kappa shape index (κ1) is 22.9. The van der Waals surface area contributed by atoms with Gasteiger partial charge in [-0.05, 0) is 35.4 Å². The maximum absolute atomic E-state index is 13.2. The minimum absolute atomic E-state index is 0.0264. The standard InChI is InChI=1S/C23H11Cl2F3N6O/c24-15-5-1-12(2-6-15)17-11-31-34-20(18(17)13-3-7-16(25)8-4-13)33-32-19(21(34)35)14-9-29-22(30-10-14)23(26,27)28/h1-11H. The maximum Gasteiger partial charge on any atom is 0.451 e. The monoisotopic (exact) mass is 514 g/mol. The molecule has 7 nitrogen and oxygen atoms in total. The molecule has 0 saturated heterocycles. The molecule has 12 heteroatoms. The highest BCUT2D eigenvalue weighted by atomic mass is 35.5. The highest BCUT2D eigenvalue weighted by Gasteiger charge is 2.34. The van der Waals surface area contributed by atoms with E-state index < -0.39 is 17.6 Å². The molecule has 0 amide bonds. The third-order valence-corrected chi connectivity index (χ3v) is 5.61. The van der Waals surface area contributed by atoms with Crippen LogP contribution >= 0.6 is 23.2 Å². The van der Waals surface area contributed by atoms with Gasteiger partial charge < -0.3 is 0 Å². The SMILES string of the molecule is O=c1c(-c2cnc(C(F)(F)F)nc2)nnc2c(-c3ccc(Cl)cc3)c(-c3ccc(Cl)cc3)cnn12. The minimum atomic E-state index is -4.71. The van der Waals surface area contributed by atoms with Gasteiger partial charge in [0.05, 0.1) is 6.20 Å². The molecule has 0 radical (unpaired) electrons. The molecule has 0 atom stereocenters. The van der Waals surface area contributed by atoms with Crippen molar-refractivity contribution in [3.05, 3.63) is 93.3 Å². The summed E-state index contributed by atoms with van der Waals surface area (Å²) < 4.78 is 39.4. The Morgan fingerprint density at radius 2 is 1.31 bits per heavy atom. The maximum atomic E-state index is 13.2. The topological polar surface area (TPSA) is 85.9 Å². The smallest absolute Gasteiger partial charge is 0.265 e. The van der Waals surface area contributed by atoms with Crippen LogP contribution in [0.25, 0.3) is 39.2 Å². The summed E-state index contributed by atoms with van der Waals surface area (Å²) in [6.45, 7) is 0. The average molecular weight is 515 g/mol. The van der Waals surface area contributed by atoms with Crippen LogP contribution in [-0.2, 0) is 6.18 Å². The molecule has 0 saturated carbocycles. The molecule has 0 bridgehead atoms. The molecule has 0 unspecified atom stereocenters. The molecule has 0 aliphatic rings. The van der Waals surface area contributed by atoms with Gasteiger partial charge in [0.25, 0.3) is 0 Å². The van der Waals surface area contributed by atoms with E-state index in [1.54, 1.807) is 48.5 Å². The molecule has 3 aromatic heterocycles. The van der Waals surface area contributed by atoms with Crippen molar-refractivity contribution in [1.29, 1.82) is 0 Å². The summed E-state index contributed by atoms with van der Waals surface area (Å²) in [7, 11) is 0. The minimum Gasteiger partial charge on any atom is -0.265 e. The number of fused-ring (bicyclic) bond motifs is 1. The van der Waals surface area contributed by atoms with Crippen LogP contribution in [0.3, 0.4) is 0 Å². The molecule has 0 N–H and O–H groups in total. The van der Waals surface area contributed by atoms with E-state index in [1.807, 2.05) is 0 Å². The summed E-state index contributed by atoms with van der Waals surface area (Å²) in [6, 6.07) is 14.0. The Hall–Kier alpha value is -3.89. The number of aromatic nitrogens is 6. The van der Waals surface area contributed by atoms with E-state index in [4.69, 9.17) is 23.2 Å². The molecule has 174 valence electrons. The van der Waals surface area contributed by atoms with Gasteiger partial charge in [-0.2, -0.15) is 22.8 Å². The Morgan fingerprint density at radius 3 is 1.89 bits per heavy atom. The van der Waals surface area contributed by atoms with Crippen LogP contribution in [0.15, 0.2) is 71.9 Å². The van der Waals surface area contributed by atoms with Gasteiger partial charge in [0.2, 0.25) is 5.82 Å². The second-order valence-electron chi connectivity index (χ2n) is 7.33. The molecule has 0 aliphatic carbocycles. The zero-order chi connectivity index (χ0) is 24.7. The van der Waals surface area contributed by atoms with Crippen molar-refractivity contribution >= 4 is 28.8 Å². The first-order valence-corrected chi connectivity index (χ1v) is 10.7. The molecule has 2 aromatic carbocycles. The van der Waals surface area contributed by atoms with E-state index in [-0.39, 0.29) is 16.9 Å². The highest BCUT2D eigenvalue weighted by Crippen LogP contribution is 2.35. The fraction of sp³-hybridized carbons (Fsp3) is 0.0435. The largest absolute Gasteiger partial charge is 0.451 e. The van der Waals surface area contributed by atoms with E-state index in [9.17, 15) is 18.0 Å². The molecular weight excluding hydrogens is 504 g/mol. The summed E-state index contributed by atoms with van der Waals surface area (Å²) in [5.74, 6) is -1.33. The molecule has 0 spiro atoms. The summed E-state index contributed by atoms with van der Waals surface area (Å²) in [6.07, 6.45) is -1.47. The van der Waals surface area contributed by atoms with Crippen molar-refractivity contribution in [3.63, 3.8) is 0 Å². The van der Waals surface area contributed by atoms with Crippen molar-refractivity contribution in [3.8, 4) is 33.5 Å². The van der Waals surface area contributed by atoms with E-state index >= 15 is 0 Å². The van der Waals surface area contributed by atoms with Crippen molar-refractivity contribution in [1.82, 2.24) is 29.8 Å². The van der Waals surface area contributed by atoms with Gasteiger partial charge in [-0.3, -0.25) is 4.79 Å². The second kappa shape index (κ2) is 8.71. The van der Waals surface area contributed by atoms with Crippen LogP contribution in [0.5, 0.6) is 0 Å². The van der Waals surface area contributed by atoms with Gasteiger partial charge in [0.15, 0.2) is 11.3 Å². The van der Waals surface area contributed by atoms with Crippen LogP contribution in [0.4, 0.5) is 13.2 Å². The van der Waals surface area contributed by atoms with E-state index in [0.717, 1.165) is 22.5 Å². The van der Waals surface area contributed by atoms with Crippen LogP contribution in [-0.4, -0.2) is 29.8 Å². The van der Waals surface area contributed by atoms with Gasteiger partial charge in [-0.25, -0.2) is 9.97 Å². The quantitative estimate of drug-likeness (QED) is 0.311. The number of benzene rings is 2. The first-order valence-electron chi connectivity index (χ1n) is 9.92. The Morgan fingerprint density at radius 1 is 0.743 bits per heavy atom. The zero-order valence-corrected chi connectivity index (χ0v) is 18.8. The number of halogens is 5. The molecule has 5 aromatic rings. The normalized spacial score (nSPS) is 11.7. The van der Waals surface area contributed by atoms with E-state index in [0.29, 0.717) is 26.7 Å². The third-order valence-electron chi connectivity index (χ3n) is 5.10. The predicted octanol–water partition coefficient (Wildman–Crippen LogP) is 5.60. The average Bonchev–Trinajstić information content (AvgIpc) is 2.84. The second-order valence-corrected chi connectivity index (χ2v) is 8.20. The van der Waals surface area contributed by atoms with Crippen molar-refractivity contribution in [2.24, 2.45) is 0 Å². The number of alkyl halides is 3. The summed E-state index contributed by atoms with van der Waals surface area (Å²) in [5, 5.41) is 13.5. The van der Waals surface area contributed by atoms with Crippen LogP contribution in [0.1, 0.15) is 5.82 Å². The lowest BCUT2D eigenvalue weighted by Crippen LogP contribution is -2.22. The van der Waals surface area contributed by atoms with E-state index in [2.05, 4.69) is 25.3 Å². The molecule has 3 heterocycles. The summed E-state index contributed by atoms with van der Waals surface area (Å²) in [5.41, 5.74) is 1.84. The lowest BCUT2D eigenvalue weighted by atomic mass is 9.97. The molecule has 35 heavy (non-hydrogen) atoms. The Bertz CT molecular complexity index is 1600. The van der Waals surface area contributed by atoms with Crippen LogP contribution < -0.4 is 5.56 Å². The van der Waals surface area contributed by atoms with Gasteiger partial charge in [0.1, 0.15) is 0 Å². The van der Waals surface area contributed by atoms with Gasteiger partial charge in [-0.1, -0.05) is 47.5 Å². The predicted molar refractivity (Wildman–Crippen MR) is 124 cm³/mol. The van der Waals surface area contributed by atoms with E-state index in [1.165, 1.54) is 6.20 Å². The molecule has 0 fully saturated rings. The summed E-state index contributed by atoms with van der Waals surface area (Å²) in [4.78, 5) is 19.8. The molecule has 0 aliphatic heterocycles. The number of hydrogen-bond acceptors (Lipinski definition) is 6. The number of rotatable bonds is 3. The van der Waals surface area contributed by atoms with Crippen LogP contribution in [0, 0.1) is 0 Å². The van der Waals surface area contributed by atoms with Gasteiger partial charge in [-0.15, -0.1) is 10.2 Å². The third kappa shape index (κ3) is 4.33.